The summed E-state index contributed by atoms with van der Waals surface area (Å²) in [4.78, 5) is 17.8. The monoisotopic (exact) mass is 381 g/mol. The number of piperidine rings is 1. The van der Waals surface area contributed by atoms with E-state index in [2.05, 4.69) is 20.3 Å². The van der Waals surface area contributed by atoms with Crippen molar-refractivity contribution in [2.24, 2.45) is 0 Å². The van der Waals surface area contributed by atoms with E-state index in [9.17, 15) is 4.79 Å². The average Bonchev–Trinajstić information content (AvgIpc) is 3.16. The maximum absolute atomic E-state index is 11.0. The molecule has 0 bridgehead atoms. The topological polar surface area (TPSA) is 92.0 Å². The molecular weight excluding hydrogens is 358 g/mol. The lowest BCUT2D eigenvalue weighted by molar-refractivity contribution is 0.173. The van der Waals surface area contributed by atoms with Crippen LogP contribution >= 0.6 is 0 Å². The second-order valence-corrected chi connectivity index (χ2v) is 7.34. The number of nitrogens with zero attached hydrogens (tertiary/aromatic N) is 4. The van der Waals surface area contributed by atoms with Gasteiger partial charge in [0.1, 0.15) is 11.6 Å². The molecule has 4 heterocycles. The molecule has 4 rings (SSSR count). The van der Waals surface area contributed by atoms with Crippen LogP contribution in [0.2, 0.25) is 0 Å². The highest BCUT2D eigenvalue weighted by atomic mass is 16.5. The summed E-state index contributed by atoms with van der Waals surface area (Å²) >= 11 is 0. The van der Waals surface area contributed by atoms with E-state index in [1.807, 2.05) is 43.6 Å². The van der Waals surface area contributed by atoms with Gasteiger partial charge < -0.3 is 20.1 Å². The minimum atomic E-state index is -0.970. The van der Waals surface area contributed by atoms with E-state index in [1.54, 1.807) is 17.8 Å². The first kappa shape index (κ1) is 18.1. The SMILES string of the molecule is COc1cc(-c2ccc(N3CCC(C)(NC(=O)O)CC3)nc2)c2ccnn2c1. The number of fused-ring (bicyclic) bond motifs is 1. The number of pyridine rings is 2. The zero-order chi connectivity index (χ0) is 19.7. The quantitative estimate of drug-likeness (QED) is 0.722. The normalized spacial score (nSPS) is 16.1. The summed E-state index contributed by atoms with van der Waals surface area (Å²) in [5.41, 5.74) is 2.61. The number of aromatic nitrogens is 3. The Labute approximate surface area is 162 Å². The Morgan fingerprint density at radius 3 is 2.71 bits per heavy atom. The highest BCUT2D eigenvalue weighted by Crippen LogP contribution is 2.30. The van der Waals surface area contributed by atoms with Crippen molar-refractivity contribution in [1.82, 2.24) is 19.9 Å². The van der Waals surface area contributed by atoms with Gasteiger partial charge in [0, 0.05) is 36.0 Å². The van der Waals surface area contributed by atoms with E-state index in [-0.39, 0.29) is 5.54 Å². The van der Waals surface area contributed by atoms with Crippen LogP contribution in [-0.2, 0) is 0 Å². The van der Waals surface area contributed by atoms with E-state index in [0.29, 0.717) is 0 Å². The third-order valence-electron chi connectivity index (χ3n) is 5.38. The van der Waals surface area contributed by atoms with Gasteiger partial charge in [-0.1, -0.05) is 0 Å². The number of carbonyl (C=O) groups is 1. The number of nitrogens with one attached hydrogen (secondary N) is 1. The molecule has 2 N–H and O–H groups in total. The van der Waals surface area contributed by atoms with Crippen LogP contribution < -0.4 is 15.0 Å². The van der Waals surface area contributed by atoms with E-state index in [4.69, 9.17) is 9.84 Å². The number of carboxylic acid groups (broad SMARTS) is 1. The first-order valence-electron chi connectivity index (χ1n) is 9.21. The number of amides is 1. The van der Waals surface area contributed by atoms with Crippen molar-refractivity contribution in [1.29, 1.82) is 0 Å². The van der Waals surface area contributed by atoms with Crippen LogP contribution in [-0.4, -0.2) is 51.5 Å². The number of methoxy groups -OCH3 is 1. The highest BCUT2D eigenvalue weighted by molar-refractivity contribution is 5.81. The Morgan fingerprint density at radius 1 is 1.29 bits per heavy atom. The van der Waals surface area contributed by atoms with Gasteiger partial charge in [-0.3, -0.25) is 0 Å². The Kier molecular flexibility index (Phi) is 4.54. The number of hydrogen-bond donors (Lipinski definition) is 2. The van der Waals surface area contributed by atoms with Gasteiger partial charge in [0.25, 0.3) is 0 Å². The molecule has 8 heteroatoms. The molecule has 0 atom stereocenters. The fourth-order valence-corrected chi connectivity index (χ4v) is 3.69. The molecule has 0 unspecified atom stereocenters. The molecule has 0 radical (unpaired) electrons. The Balaban J connectivity index is 1.54. The molecule has 8 nitrogen and oxygen atoms in total. The summed E-state index contributed by atoms with van der Waals surface area (Å²) in [6, 6.07) is 8.00. The van der Waals surface area contributed by atoms with Gasteiger partial charge >= 0.3 is 6.09 Å². The molecule has 1 aliphatic rings. The van der Waals surface area contributed by atoms with Crippen LogP contribution in [0.4, 0.5) is 10.6 Å². The second-order valence-electron chi connectivity index (χ2n) is 7.34. The van der Waals surface area contributed by atoms with Crippen molar-refractivity contribution in [3.63, 3.8) is 0 Å². The standard InChI is InChI=1S/C20H23N5O3/c1-20(23-19(26)27)6-9-24(10-7-20)18-4-3-14(12-21-18)16-11-15(28-2)13-25-17(16)5-8-22-25/h3-5,8,11-13,23H,6-7,9-10H2,1-2H3,(H,26,27). The van der Waals surface area contributed by atoms with Gasteiger partial charge in [-0.05, 0) is 44.0 Å². The fraction of sp³-hybridized carbons (Fsp3) is 0.350. The van der Waals surface area contributed by atoms with Crippen LogP contribution in [0.3, 0.4) is 0 Å². The lowest BCUT2D eigenvalue weighted by Crippen LogP contribution is -2.53. The molecule has 0 saturated carbocycles. The van der Waals surface area contributed by atoms with E-state index >= 15 is 0 Å². The Bertz CT molecular complexity index is 991. The number of ether oxygens (including phenoxy) is 1. The van der Waals surface area contributed by atoms with Crippen LogP contribution in [0.5, 0.6) is 5.75 Å². The average molecular weight is 381 g/mol. The lowest BCUT2D eigenvalue weighted by atomic mass is 9.90. The van der Waals surface area contributed by atoms with Crippen LogP contribution in [0.1, 0.15) is 19.8 Å². The highest BCUT2D eigenvalue weighted by Gasteiger charge is 2.31. The van der Waals surface area contributed by atoms with Gasteiger partial charge in [0.05, 0.1) is 25.0 Å². The summed E-state index contributed by atoms with van der Waals surface area (Å²) in [6.45, 7) is 3.47. The minimum Gasteiger partial charge on any atom is -0.495 e. The largest absolute Gasteiger partial charge is 0.495 e. The second kappa shape index (κ2) is 7.03. The predicted molar refractivity (Wildman–Crippen MR) is 106 cm³/mol. The molecule has 1 fully saturated rings. The van der Waals surface area contributed by atoms with E-state index < -0.39 is 6.09 Å². The van der Waals surface area contributed by atoms with E-state index in [1.165, 1.54) is 0 Å². The van der Waals surface area contributed by atoms with Gasteiger partial charge in [-0.15, -0.1) is 0 Å². The molecule has 1 amide bonds. The molecule has 1 aliphatic heterocycles. The molecule has 3 aromatic rings. The first-order chi connectivity index (χ1) is 13.5. The third kappa shape index (κ3) is 3.45. The van der Waals surface area contributed by atoms with Crippen molar-refractivity contribution in [3.8, 4) is 16.9 Å². The molecule has 28 heavy (non-hydrogen) atoms. The summed E-state index contributed by atoms with van der Waals surface area (Å²) in [5.74, 6) is 1.63. The van der Waals surface area contributed by atoms with Gasteiger partial charge in [0.15, 0.2) is 0 Å². The van der Waals surface area contributed by atoms with Gasteiger partial charge in [-0.2, -0.15) is 5.10 Å². The zero-order valence-electron chi connectivity index (χ0n) is 15.9. The molecule has 0 aliphatic carbocycles. The predicted octanol–water partition coefficient (Wildman–Crippen LogP) is 3.03. The first-order valence-corrected chi connectivity index (χ1v) is 9.21. The lowest BCUT2D eigenvalue weighted by Gasteiger charge is -2.39. The van der Waals surface area contributed by atoms with Gasteiger partial charge in [0.2, 0.25) is 0 Å². The Morgan fingerprint density at radius 2 is 2.07 bits per heavy atom. The number of anilines is 1. The smallest absolute Gasteiger partial charge is 0.405 e. The fourth-order valence-electron chi connectivity index (χ4n) is 3.69. The maximum Gasteiger partial charge on any atom is 0.405 e. The molecule has 146 valence electrons. The summed E-state index contributed by atoms with van der Waals surface area (Å²) in [6.07, 6.45) is 5.99. The van der Waals surface area contributed by atoms with Gasteiger partial charge in [-0.25, -0.2) is 14.3 Å². The summed E-state index contributed by atoms with van der Waals surface area (Å²) < 4.78 is 7.18. The molecule has 1 saturated heterocycles. The van der Waals surface area contributed by atoms with E-state index in [0.717, 1.165) is 54.1 Å². The molecule has 0 spiro atoms. The molecule has 3 aromatic heterocycles. The summed E-state index contributed by atoms with van der Waals surface area (Å²) in [7, 11) is 1.64. The van der Waals surface area contributed by atoms with Crippen LogP contribution in [0.25, 0.3) is 16.6 Å². The minimum absolute atomic E-state index is 0.378. The maximum atomic E-state index is 11.0. The Hall–Kier alpha value is -3.29. The molecule has 0 aromatic carbocycles. The van der Waals surface area contributed by atoms with Crippen molar-refractivity contribution < 1.29 is 14.6 Å². The number of rotatable bonds is 4. The van der Waals surface area contributed by atoms with Crippen LogP contribution in [0, 0.1) is 0 Å². The van der Waals surface area contributed by atoms with Crippen molar-refractivity contribution in [2.45, 2.75) is 25.3 Å². The van der Waals surface area contributed by atoms with Crippen molar-refractivity contribution >= 4 is 17.4 Å². The van der Waals surface area contributed by atoms with Crippen LogP contribution in [0.15, 0.2) is 42.9 Å². The third-order valence-corrected chi connectivity index (χ3v) is 5.38. The van der Waals surface area contributed by atoms with Crippen molar-refractivity contribution in [2.75, 3.05) is 25.1 Å². The summed E-state index contributed by atoms with van der Waals surface area (Å²) in [5, 5.41) is 15.9. The van der Waals surface area contributed by atoms with Crippen molar-refractivity contribution in [3.05, 3.63) is 42.9 Å². The number of hydrogen-bond acceptors (Lipinski definition) is 5. The molecular formula is C20H23N5O3. The zero-order valence-corrected chi connectivity index (χ0v) is 15.9.